The fraction of sp³-hybridized carbons (Fsp3) is 0.111. The molecule has 0 saturated heterocycles. The van der Waals surface area contributed by atoms with Crippen LogP contribution in [0.3, 0.4) is 0 Å². The highest BCUT2D eigenvalue weighted by molar-refractivity contribution is 6.38. The van der Waals surface area contributed by atoms with Gasteiger partial charge in [-0.15, -0.1) is 0 Å². The number of fused-ring (bicyclic) bond motifs is 1. The lowest BCUT2D eigenvalue weighted by atomic mass is 10.2. The van der Waals surface area contributed by atoms with E-state index in [0.717, 1.165) is 12.1 Å². The number of benzene rings is 1. The maximum absolute atomic E-state index is 13.0. The normalized spacial score (nSPS) is 12.1. The van der Waals surface area contributed by atoms with Crippen molar-refractivity contribution in [2.24, 2.45) is 0 Å². The first-order chi connectivity index (χ1) is 7.79. The van der Waals surface area contributed by atoms with Crippen molar-refractivity contribution in [3.8, 4) is 0 Å². The van der Waals surface area contributed by atoms with Crippen molar-refractivity contribution in [1.29, 1.82) is 0 Å². The summed E-state index contributed by atoms with van der Waals surface area (Å²) in [7, 11) is 0. The van der Waals surface area contributed by atoms with Gasteiger partial charge in [0.05, 0.1) is 10.5 Å². The second-order valence-electron chi connectivity index (χ2n) is 3.12. The molecule has 0 unspecified atom stereocenters. The van der Waals surface area contributed by atoms with E-state index in [1.165, 1.54) is 0 Å². The zero-order chi connectivity index (χ0) is 12.8. The van der Waals surface area contributed by atoms with Gasteiger partial charge in [0.25, 0.3) is 0 Å². The number of hydrogen-bond donors (Lipinski definition) is 0. The van der Waals surface area contributed by atoms with Crippen LogP contribution < -0.4 is 0 Å². The Morgan fingerprint density at radius 3 is 2.29 bits per heavy atom. The van der Waals surface area contributed by atoms with Gasteiger partial charge in [0, 0.05) is 5.39 Å². The lowest BCUT2D eigenvalue weighted by Crippen LogP contribution is -2.11. The molecular weight excluding hydrogens is 283 g/mol. The van der Waals surface area contributed by atoms with Crippen molar-refractivity contribution >= 4 is 34.1 Å². The van der Waals surface area contributed by atoms with E-state index >= 15 is 0 Å². The van der Waals surface area contributed by atoms with Crippen LogP contribution in [0.1, 0.15) is 5.82 Å². The van der Waals surface area contributed by atoms with Crippen LogP contribution in [0.5, 0.6) is 0 Å². The Labute approximate surface area is 102 Å². The molecule has 0 aliphatic heterocycles. The zero-order valence-corrected chi connectivity index (χ0v) is 9.33. The van der Waals surface area contributed by atoms with Gasteiger partial charge in [0.15, 0.2) is 0 Å². The first-order valence-electron chi connectivity index (χ1n) is 4.18. The second-order valence-corrected chi connectivity index (χ2v) is 3.88. The third kappa shape index (κ3) is 2.28. The highest BCUT2D eigenvalue weighted by Gasteiger charge is 2.35. The molecule has 0 bridgehead atoms. The van der Waals surface area contributed by atoms with Gasteiger partial charge in [0.2, 0.25) is 5.82 Å². The molecule has 0 N–H and O–H groups in total. The van der Waals surface area contributed by atoms with Crippen LogP contribution in [-0.2, 0) is 6.18 Å². The molecule has 1 heterocycles. The molecule has 2 rings (SSSR count). The summed E-state index contributed by atoms with van der Waals surface area (Å²) < 4.78 is 50.2. The fourth-order valence-corrected chi connectivity index (χ4v) is 1.72. The number of alkyl halides is 3. The van der Waals surface area contributed by atoms with Crippen LogP contribution in [0.15, 0.2) is 12.1 Å². The van der Waals surface area contributed by atoms with Gasteiger partial charge in [0.1, 0.15) is 11.0 Å². The SMILES string of the molecule is Fc1cc(Cl)c2nc(C(F)(F)F)nc(Cl)c2c1. The van der Waals surface area contributed by atoms with E-state index in [1.54, 1.807) is 0 Å². The van der Waals surface area contributed by atoms with E-state index < -0.39 is 23.0 Å². The zero-order valence-electron chi connectivity index (χ0n) is 7.82. The molecule has 0 fully saturated rings. The van der Waals surface area contributed by atoms with Crippen molar-refractivity contribution in [2.45, 2.75) is 6.18 Å². The Morgan fingerprint density at radius 1 is 1.06 bits per heavy atom. The van der Waals surface area contributed by atoms with Gasteiger partial charge >= 0.3 is 6.18 Å². The minimum Gasteiger partial charge on any atom is -0.223 e. The molecule has 17 heavy (non-hydrogen) atoms. The van der Waals surface area contributed by atoms with Crippen LogP contribution in [0.4, 0.5) is 17.6 Å². The second kappa shape index (κ2) is 3.96. The summed E-state index contributed by atoms with van der Waals surface area (Å²) in [5, 5.41) is -0.816. The Morgan fingerprint density at radius 2 is 1.71 bits per heavy atom. The van der Waals surface area contributed by atoms with E-state index in [0.29, 0.717) is 0 Å². The van der Waals surface area contributed by atoms with Crippen LogP contribution in [0, 0.1) is 5.82 Å². The van der Waals surface area contributed by atoms with Crippen LogP contribution in [-0.4, -0.2) is 9.97 Å². The lowest BCUT2D eigenvalue weighted by Gasteiger charge is -2.08. The van der Waals surface area contributed by atoms with E-state index in [4.69, 9.17) is 23.2 Å². The fourth-order valence-electron chi connectivity index (χ4n) is 1.25. The summed E-state index contributed by atoms with van der Waals surface area (Å²) in [6.07, 6.45) is -4.74. The van der Waals surface area contributed by atoms with Gasteiger partial charge in [-0.05, 0) is 12.1 Å². The molecule has 0 spiro atoms. The predicted molar refractivity (Wildman–Crippen MR) is 54.5 cm³/mol. The molecule has 0 aliphatic carbocycles. The Kier molecular flexibility index (Phi) is 2.87. The molecule has 2 nitrogen and oxygen atoms in total. The van der Waals surface area contributed by atoms with Gasteiger partial charge in [-0.2, -0.15) is 13.2 Å². The molecule has 0 saturated carbocycles. The lowest BCUT2D eigenvalue weighted by molar-refractivity contribution is -0.144. The topological polar surface area (TPSA) is 25.8 Å². The van der Waals surface area contributed by atoms with E-state index in [9.17, 15) is 17.6 Å². The number of hydrogen-bond acceptors (Lipinski definition) is 2. The molecule has 0 radical (unpaired) electrons. The molecule has 1 aromatic heterocycles. The molecule has 90 valence electrons. The number of rotatable bonds is 0. The molecule has 0 amide bonds. The quantitative estimate of drug-likeness (QED) is 0.538. The van der Waals surface area contributed by atoms with Crippen LogP contribution >= 0.6 is 23.2 Å². The van der Waals surface area contributed by atoms with Crippen LogP contribution in [0.25, 0.3) is 10.9 Å². The Balaban J connectivity index is 2.83. The Bertz CT molecular complexity index is 598. The van der Waals surface area contributed by atoms with Crippen molar-refractivity contribution in [2.75, 3.05) is 0 Å². The number of halogens is 6. The summed E-state index contributed by atoms with van der Waals surface area (Å²) >= 11 is 11.1. The summed E-state index contributed by atoms with van der Waals surface area (Å²) in [5.41, 5.74) is -0.236. The standard InChI is InChI=1S/C9H2Cl2F4N2/c10-5-2-3(12)1-4-6(5)16-8(9(13,14)15)17-7(4)11/h1-2H. The first-order valence-corrected chi connectivity index (χ1v) is 4.94. The van der Waals surface area contributed by atoms with E-state index in [2.05, 4.69) is 9.97 Å². The summed E-state index contributed by atoms with van der Waals surface area (Å²) in [4.78, 5) is 6.29. The third-order valence-corrected chi connectivity index (χ3v) is 2.50. The van der Waals surface area contributed by atoms with E-state index in [1.807, 2.05) is 0 Å². The molecule has 2 aromatic rings. The minimum atomic E-state index is -4.74. The average molecular weight is 285 g/mol. The molecular formula is C9H2Cl2F4N2. The molecule has 1 aromatic carbocycles. The smallest absolute Gasteiger partial charge is 0.223 e. The van der Waals surface area contributed by atoms with Gasteiger partial charge in [-0.1, -0.05) is 23.2 Å². The molecule has 0 aliphatic rings. The Hall–Kier alpha value is -1.14. The maximum Gasteiger partial charge on any atom is 0.451 e. The average Bonchev–Trinajstić information content (AvgIpc) is 2.17. The minimum absolute atomic E-state index is 0.0651. The monoisotopic (exact) mass is 284 g/mol. The predicted octanol–water partition coefficient (Wildman–Crippen LogP) is 4.09. The van der Waals surface area contributed by atoms with Gasteiger partial charge in [-0.3, -0.25) is 0 Å². The number of nitrogens with zero attached hydrogens (tertiary/aromatic N) is 2. The van der Waals surface area contributed by atoms with Gasteiger partial charge < -0.3 is 0 Å². The third-order valence-electron chi connectivity index (χ3n) is 1.93. The van der Waals surface area contributed by atoms with Crippen molar-refractivity contribution in [3.63, 3.8) is 0 Å². The first kappa shape index (κ1) is 12.3. The highest BCUT2D eigenvalue weighted by Crippen LogP contribution is 2.33. The largest absolute Gasteiger partial charge is 0.451 e. The van der Waals surface area contributed by atoms with Crippen molar-refractivity contribution in [3.05, 3.63) is 34.0 Å². The summed E-state index contributed by atoms with van der Waals surface area (Å²) in [6, 6.07) is 1.77. The summed E-state index contributed by atoms with van der Waals surface area (Å²) in [6.45, 7) is 0. The number of aromatic nitrogens is 2. The highest BCUT2D eigenvalue weighted by atomic mass is 35.5. The van der Waals surface area contributed by atoms with Gasteiger partial charge in [-0.25, -0.2) is 14.4 Å². The maximum atomic E-state index is 13.0. The molecule has 0 atom stereocenters. The summed E-state index contributed by atoms with van der Waals surface area (Å²) in [5.74, 6) is -2.14. The van der Waals surface area contributed by atoms with Crippen LogP contribution in [0.2, 0.25) is 10.2 Å². The van der Waals surface area contributed by atoms with Crippen molar-refractivity contribution in [1.82, 2.24) is 9.97 Å². The van der Waals surface area contributed by atoms with Crippen molar-refractivity contribution < 1.29 is 17.6 Å². The molecule has 8 heteroatoms. The van der Waals surface area contributed by atoms with E-state index in [-0.39, 0.29) is 15.9 Å².